The largest absolute Gasteiger partial charge is 0.508 e. The number of nitrogens with zero attached hydrogens (tertiary/aromatic N) is 3. The van der Waals surface area contributed by atoms with Crippen LogP contribution in [0.15, 0.2) is 47.2 Å². The highest BCUT2D eigenvalue weighted by Crippen LogP contribution is 2.25. The van der Waals surface area contributed by atoms with Gasteiger partial charge in [0, 0.05) is 17.5 Å². The van der Waals surface area contributed by atoms with Crippen LogP contribution in [-0.2, 0) is 13.0 Å². The average molecular weight is 361 g/mol. The molecule has 0 amide bonds. The molecule has 1 aromatic carbocycles. The Bertz CT molecular complexity index is 831. The van der Waals surface area contributed by atoms with Crippen LogP contribution in [0.3, 0.4) is 0 Å². The van der Waals surface area contributed by atoms with E-state index in [1.54, 1.807) is 17.7 Å². The third-order valence-corrected chi connectivity index (χ3v) is 5.29. The van der Waals surface area contributed by atoms with Gasteiger partial charge < -0.3 is 14.8 Å². The summed E-state index contributed by atoms with van der Waals surface area (Å²) in [5.74, 6) is -0.397. The first-order valence-electron chi connectivity index (χ1n) is 7.21. The summed E-state index contributed by atoms with van der Waals surface area (Å²) in [5.41, 5.74) is 0.185. The topological polar surface area (TPSA) is 88.2 Å². The van der Waals surface area contributed by atoms with Crippen molar-refractivity contribution in [1.29, 1.82) is 0 Å². The van der Waals surface area contributed by atoms with Gasteiger partial charge in [-0.15, -0.1) is 21.5 Å². The van der Waals surface area contributed by atoms with E-state index in [2.05, 4.69) is 16.3 Å². The van der Waals surface area contributed by atoms with Gasteiger partial charge in [-0.1, -0.05) is 17.8 Å². The Morgan fingerprint density at radius 1 is 1.29 bits per heavy atom. The SMILES string of the molecule is O=C(CSc1nncn1CCc1cccs1)c1ccc(O)cc1O. The molecule has 0 atom stereocenters. The van der Waals surface area contributed by atoms with Gasteiger partial charge in [-0.2, -0.15) is 0 Å². The number of Topliss-reactive ketones (excluding diaryl/α,β-unsaturated/α-hetero) is 1. The minimum atomic E-state index is -0.231. The van der Waals surface area contributed by atoms with Crippen LogP contribution in [0.25, 0.3) is 0 Å². The fraction of sp³-hybridized carbons (Fsp3) is 0.188. The van der Waals surface area contributed by atoms with Crippen molar-refractivity contribution in [3.8, 4) is 11.5 Å². The molecule has 8 heteroatoms. The van der Waals surface area contributed by atoms with E-state index in [1.165, 1.54) is 28.8 Å². The minimum Gasteiger partial charge on any atom is -0.508 e. The smallest absolute Gasteiger partial charge is 0.191 e. The maximum absolute atomic E-state index is 12.2. The quantitative estimate of drug-likeness (QED) is 0.497. The molecule has 2 aromatic heterocycles. The summed E-state index contributed by atoms with van der Waals surface area (Å²) in [7, 11) is 0. The molecule has 0 aliphatic carbocycles. The van der Waals surface area contributed by atoms with Crippen molar-refractivity contribution in [2.75, 3.05) is 5.75 Å². The predicted molar refractivity (Wildman–Crippen MR) is 92.9 cm³/mol. The zero-order valence-electron chi connectivity index (χ0n) is 12.6. The molecule has 124 valence electrons. The van der Waals surface area contributed by atoms with Gasteiger partial charge in [0.05, 0.1) is 11.3 Å². The van der Waals surface area contributed by atoms with Gasteiger partial charge in [-0.3, -0.25) is 4.79 Å². The first-order chi connectivity index (χ1) is 11.6. The number of ketones is 1. The maximum atomic E-state index is 12.2. The van der Waals surface area contributed by atoms with Gasteiger partial charge in [0.15, 0.2) is 10.9 Å². The Balaban J connectivity index is 1.60. The molecule has 0 radical (unpaired) electrons. The number of carbonyl (C=O) groups is 1. The molecule has 3 aromatic rings. The summed E-state index contributed by atoms with van der Waals surface area (Å²) in [6.45, 7) is 0.745. The maximum Gasteiger partial charge on any atom is 0.191 e. The minimum absolute atomic E-state index is 0.0787. The van der Waals surface area contributed by atoms with Crippen LogP contribution in [0.5, 0.6) is 11.5 Å². The summed E-state index contributed by atoms with van der Waals surface area (Å²) in [6.07, 6.45) is 2.54. The second kappa shape index (κ2) is 7.50. The fourth-order valence-electron chi connectivity index (χ4n) is 2.16. The second-order valence-corrected chi connectivity index (χ2v) is 7.02. The molecule has 6 nitrogen and oxygen atoms in total. The number of phenolic OH excluding ortho intramolecular Hbond substituents is 2. The van der Waals surface area contributed by atoms with Gasteiger partial charge >= 0.3 is 0 Å². The van der Waals surface area contributed by atoms with Gasteiger partial charge in [0.25, 0.3) is 0 Å². The van der Waals surface area contributed by atoms with Crippen molar-refractivity contribution in [2.24, 2.45) is 0 Å². The molecule has 2 N–H and O–H groups in total. The Morgan fingerprint density at radius 2 is 2.17 bits per heavy atom. The summed E-state index contributed by atoms with van der Waals surface area (Å²) in [4.78, 5) is 13.5. The standard InChI is InChI=1S/C16H15N3O3S2/c20-11-3-4-13(14(21)8-11)15(22)9-24-16-18-17-10-19(16)6-5-12-2-1-7-23-12/h1-4,7-8,10,20-21H,5-6,9H2. The molecule has 3 rings (SSSR count). The van der Waals surface area contributed by atoms with Gasteiger partial charge in [-0.25, -0.2) is 0 Å². The van der Waals surface area contributed by atoms with Crippen LogP contribution in [0.4, 0.5) is 0 Å². The molecule has 24 heavy (non-hydrogen) atoms. The number of aromatic nitrogens is 3. The molecule has 2 heterocycles. The number of hydrogen-bond donors (Lipinski definition) is 2. The number of benzene rings is 1. The van der Waals surface area contributed by atoms with Crippen molar-refractivity contribution < 1.29 is 15.0 Å². The highest BCUT2D eigenvalue weighted by Gasteiger charge is 2.14. The second-order valence-electron chi connectivity index (χ2n) is 5.05. The van der Waals surface area contributed by atoms with Crippen molar-refractivity contribution in [2.45, 2.75) is 18.1 Å². The monoisotopic (exact) mass is 361 g/mol. The van der Waals surface area contributed by atoms with Crippen LogP contribution in [0.1, 0.15) is 15.2 Å². The number of phenols is 2. The Labute approximate surface area is 146 Å². The summed E-state index contributed by atoms with van der Waals surface area (Å²) in [5, 5.41) is 29.7. The van der Waals surface area contributed by atoms with Crippen molar-refractivity contribution >= 4 is 28.9 Å². The van der Waals surface area contributed by atoms with Crippen LogP contribution < -0.4 is 0 Å². The Hall–Kier alpha value is -2.32. The molecule has 0 saturated carbocycles. The molecule has 0 aliphatic rings. The lowest BCUT2D eigenvalue weighted by atomic mass is 10.1. The van der Waals surface area contributed by atoms with Crippen LogP contribution >= 0.6 is 23.1 Å². The van der Waals surface area contributed by atoms with E-state index in [0.717, 1.165) is 19.0 Å². The first kappa shape index (κ1) is 16.5. The first-order valence-corrected chi connectivity index (χ1v) is 9.08. The molecule has 0 saturated heterocycles. The third kappa shape index (κ3) is 3.95. The molecular weight excluding hydrogens is 346 g/mol. The number of thiophene rings is 1. The molecule has 0 fully saturated rings. The van der Waals surface area contributed by atoms with Crippen LogP contribution in [0, 0.1) is 0 Å². The number of hydrogen-bond acceptors (Lipinski definition) is 7. The molecule has 0 unspecified atom stereocenters. The molecule has 0 aliphatic heterocycles. The Morgan fingerprint density at radius 3 is 2.92 bits per heavy atom. The van der Waals surface area contributed by atoms with E-state index in [1.807, 2.05) is 16.0 Å². The van der Waals surface area contributed by atoms with Crippen molar-refractivity contribution in [3.05, 3.63) is 52.5 Å². The molecular formula is C16H15N3O3S2. The lowest BCUT2D eigenvalue weighted by Gasteiger charge is -2.06. The van der Waals surface area contributed by atoms with E-state index in [-0.39, 0.29) is 28.6 Å². The van der Waals surface area contributed by atoms with Crippen LogP contribution in [-0.4, -0.2) is 36.5 Å². The summed E-state index contributed by atoms with van der Waals surface area (Å²) < 4.78 is 1.91. The fourth-order valence-corrected chi connectivity index (χ4v) is 3.68. The lowest BCUT2D eigenvalue weighted by Crippen LogP contribution is -2.06. The summed E-state index contributed by atoms with van der Waals surface area (Å²) >= 11 is 2.98. The molecule has 0 bridgehead atoms. The Kier molecular flexibility index (Phi) is 5.17. The number of aryl methyl sites for hydroxylation is 2. The number of rotatable bonds is 7. The van der Waals surface area contributed by atoms with Crippen LogP contribution in [0.2, 0.25) is 0 Å². The van der Waals surface area contributed by atoms with E-state index < -0.39 is 0 Å². The van der Waals surface area contributed by atoms with E-state index in [0.29, 0.717) is 5.16 Å². The van der Waals surface area contributed by atoms with Crippen molar-refractivity contribution in [3.63, 3.8) is 0 Å². The zero-order valence-corrected chi connectivity index (χ0v) is 14.3. The number of thioether (sulfide) groups is 1. The van der Waals surface area contributed by atoms with Crippen molar-refractivity contribution in [1.82, 2.24) is 14.8 Å². The average Bonchev–Trinajstić information content (AvgIpc) is 3.22. The highest BCUT2D eigenvalue weighted by atomic mass is 32.2. The van der Waals surface area contributed by atoms with E-state index in [4.69, 9.17) is 0 Å². The number of carbonyl (C=O) groups excluding carboxylic acids is 1. The number of aromatic hydroxyl groups is 2. The lowest BCUT2D eigenvalue weighted by molar-refractivity contribution is 0.102. The van der Waals surface area contributed by atoms with Gasteiger partial charge in [0.1, 0.15) is 17.8 Å². The van der Waals surface area contributed by atoms with E-state index in [9.17, 15) is 15.0 Å². The van der Waals surface area contributed by atoms with Gasteiger partial charge in [0.2, 0.25) is 0 Å². The molecule has 0 spiro atoms. The predicted octanol–water partition coefficient (Wildman–Crippen LogP) is 2.97. The normalized spacial score (nSPS) is 10.8. The summed E-state index contributed by atoms with van der Waals surface area (Å²) in [6, 6.07) is 8.04. The highest BCUT2D eigenvalue weighted by molar-refractivity contribution is 7.99. The van der Waals surface area contributed by atoms with E-state index >= 15 is 0 Å². The zero-order chi connectivity index (χ0) is 16.9. The third-order valence-electron chi connectivity index (χ3n) is 3.37. The van der Waals surface area contributed by atoms with Gasteiger partial charge in [-0.05, 0) is 30.0 Å².